The predicted octanol–water partition coefficient (Wildman–Crippen LogP) is 3.11. The third-order valence-electron chi connectivity index (χ3n) is 4.84. The first kappa shape index (κ1) is 17.3. The maximum atomic E-state index is 12.2. The van der Waals surface area contributed by atoms with Crippen LogP contribution in [-0.2, 0) is 16.0 Å². The van der Waals surface area contributed by atoms with Gasteiger partial charge in [0.1, 0.15) is 0 Å². The van der Waals surface area contributed by atoms with E-state index < -0.39 is 0 Å². The lowest BCUT2D eigenvalue weighted by atomic mass is 9.93. The second-order valence-electron chi connectivity index (χ2n) is 6.60. The van der Waals surface area contributed by atoms with Gasteiger partial charge in [0.05, 0.1) is 6.61 Å². The Labute approximate surface area is 147 Å². The van der Waals surface area contributed by atoms with Gasteiger partial charge in [-0.05, 0) is 35.1 Å². The number of carbonyl (C=O) groups is 2. The molecule has 1 heterocycles. The molecule has 0 unspecified atom stereocenters. The molecule has 25 heavy (non-hydrogen) atoms. The van der Waals surface area contributed by atoms with Crippen LogP contribution in [0, 0.1) is 5.92 Å². The predicted molar refractivity (Wildman–Crippen MR) is 97.1 cm³/mol. The lowest BCUT2D eigenvalue weighted by Crippen LogP contribution is -2.39. The maximum absolute atomic E-state index is 12.2. The summed E-state index contributed by atoms with van der Waals surface area (Å²) in [7, 11) is 0. The SMILES string of the molecule is NC(=O)CC1CCN(C(=O)OCCc2cccc3ccccc23)CC1. The zero-order valence-electron chi connectivity index (χ0n) is 14.3. The van der Waals surface area contributed by atoms with Gasteiger partial charge in [0.15, 0.2) is 0 Å². The first-order chi connectivity index (χ1) is 12.1. The van der Waals surface area contributed by atoms with Crippen molar-refractivity contribution in [3.8, 4) is 0 Å². The van der Waals surface area contributed by atoms with Gasteiger partial charge in [0.25, 0.3) is 0 Å². The van der Waals surface area contributed by atoms with E-state index in [1.807, 2.05) is 18.2 Å². The van der Waals surface area contributed by atoms with E-state index in [4.69, 9.17) is 10.5 Å². The summed E-state index contributed by atoms with van der Waals surface area (Å²) < 4.78 is 5.45. The molecular weight excluding hydrogens is 316 g/mol. The van der Waals surface area contributed by atoms with Crippen molar-refractivity contribution in [1.82, 2.24) is 4.90 Å². The van der Waals surface area contributed by atoms with Crippen molar-refractivity contribution in [2.24, 2.45) is 11.7 Å². The van der Waals surface area contributed by atoms with Crippen molar-refractivity contribution >= 4 is 22.8 Å². The highest BCUT2D eigenvalue weighted by atomic mass is 16.6. The average Bonchev–Trinajstić information content (AvgIpc) is 2.62. The van der Waals surface area contributed by atoms with Crippen LogP contribution in [-0.4, -0.2) is 36.6 Å². The Morgan fingerprint density at radius 1 is 1.08 bits per heavy atom. The molecule has 5 heteroatoms. The summed E-state index contributed by atoms with van der Waals surface area (Å²) in [5.74, 6) is 0.0216. The minimum atomic E-state index is -0.267. The fraction of sp³-hybridized carbons (Fsp3) is 0.400. The molecule has 0 bridgehead atoms. The molecule has 0 spiro atoms. The second-order valence-corrected chi connectivity index (χ2v) is 6.60. The van der Waals surface area contributed by atoms with Crippen LogP contribution >= 0.6 is 0 Å². The van der Waals surface area contributed by atoms with E-state index in [0.717, 1.165) is 12.8 Å². The van der Waals surface area contributed by atoms with E-state index in [1.54, 1.807) is 4.90 Å². The Morgan fingerprint density at radius 3 is 2.56 bits per heavy atom. The molecule has 0 radical (unpaired) electrons. The largest absolute Gasteiger partial charge is 0.449 e. The Hall–Kier alpha value is -2.56. The van der Waals surface area contributed by atoms with E-state index in [1.165, 1.54) is 16.3 Å². The average molecular weight is 340 g/mol. The van der Waals surface area contributed by atoms with Crippen LogP contribution in [0.25, 0.3) is 10.8 Å². The van der Waals surface area contributed by atoms with Gasteiger partial charge in [-0.2, -0.15) is 0 Å². The van der Waals surface area contributed by atoms with Crippen molar-refractivity contribution in [2.45, 2.75) is 25.7 Å². The Balaban J connectivity index is 1.47. The van der Waals surface area contributed by atoms with Gasteiger partial charge in [0.2, 0.25) is 5.91 Å². The van der Waals surface area contributed by atoms with Gasteiger partial charge >= 0.3 is 6.09 Å². The van der Waals surface area contributed by atoms with Crippen LogP contribution in [0.5, 0.6) is 0 Å². The summed E-state index contributed by atoms with van der Waals surface area (Å²) in [6.07, 6.45) is 2.45. The third-order valence-corrected chi connectivity index (χ3v) is 4.84. The molecule has 1 fully saturated rings. The highest BCUT2D eigenvalue weighted by molar-refractivity contribution is 5.85. The summed E-state index contributed by atoms with van der Waals surface area (Å²) in [5.41, 5.74) is 6.42. The quantitative estimate of drug-likeness (QED) is 0.909. The number of hydrogen-bond acceptors (Lipinski definition) is 3. The number of primary amides is 1. The Kier molecular flexibility index (Phi) is 5.53. The molecule has 0 saturated carbocycles. The number of nitrogens with zero attached hydrogens (tertiary/aromatic N) is 1. The van der Waals surface area contributed by atoms with Crippen molar-refractivity contribution in [3.63, 3.8) is 0 Å². The van der Waals surface area contributed by atoms with Crippen LogP contribution in [0.3, 0.4) is 0 Å². The molecule has 2 N–H and O–H groups in total. The molecule has 0 aliphatic carbocycles. The van der Waals surface area contributed by atoms with E-state index in [-0.39, 0.29) is 17.9 Å². The number of benzene rings is 2. The topological polar surface area (TPSA) is 72.6 Å². The van der Waals surface area contributed by atoms with Crippen molar-refractivity contribution in [3.05, 3.63) is 48.0 Å². The molecule has 5 nitrogen and oxygen atoms in total. The monoisotopic (exact) mass is 340 g/mol. The lowest BCUT2D eigenvalue weighted by molar-refractivity contribution is -0.119. The van der Waals surface area contributed by atoms with E-state index in [0.29, 0.717) is 32.5 Å². The number of nitrogens with two attached hydrogens (primary N) is 1. The van der Waals surface area contributed by atoms with Gasteiger partial charge in [-0.3, -0.25) is 4.79 Å². The molecular formula is C20H24N2O3. The van der Waals surface area contributed by atoms with E-state index in [2.05, 4.69) is 24.3 Å². The molecule has 1 aliphatic rings. The summed E-state index contributed by atoms with van der Waals surface area (Å²) in [6, 6.07) is 14.4. The third kappa shape index (κ3) is 4.50. The van der Waals surface area contributed by atoms with Crippen molar-refractivity contribution in [2.75, 3.05) is 19.7 Å². The van der Waals surface area contributed by atoms with Gasteiger partial charge in [-0.1, -0.05) is 42.5 Å². The van der Waals surface area contributed by atoms with Crippen LogP contribution in [0.4, 0.5) is 4.79 Å². The fourth-order valence-corrected chi connectivity index (χ4v) is 3.45. The number of piperidine rings is 1. The van der Waals surface area contributed by atoms with E-state index >= 15 is 0 Å². The molecule has 3 rings (SSSR count). The number of hydrogen-bond donors (Lipinski definition) is 1. The lowest BCUT2D eigenvalue weighted by Gasteiger charge is -2.30. The van der Waals surface area contributed by atoms with Gasteiger partial charge < -0.3 is 15.4 Å². The zero-order valence-corrected chi connectivity index (χ0v) is 14.3. The Morgan fingerprint density at radius 2 is 1.80 bits per heavy atom. The van der Waals surface area contributed by atoms with Crippen LogP contribution < -0.4 is 5.73 Å². The smallest absolute Gasteiger partial charge is 0.409 e. The Bertz CT molecular complexity index is 746. The number of fused-ring (bicyclic) bond motifs is 1. The molecule has 2 amide bonds. The molecule has 2 aromatic carbocycles. The van der Waals surface area contributed by atoms with E-state index in [9.17, 15) is 9.59 Å². The fourth-order valence-electron chi connectivity index (χ4n) is 3.45. The molecule has 1 aliphatic heterocycles. The summed E-state index contributed by atoms with van der Waals surface area (Å²) in [4.78, 5) is 24.9. The summed E-state index contributed by atoms with van der Waals surface area (Å²) >= 11 is 0. The number of amides is 2. The molecule has 1 saturated heterocycles. The standard InChI is InChI=1S/C20H24N2O3/c21-19(23)14-15-8-11-22(12-9-15)20(24)25-13-10-17-6-3-5-16-4-1-2-7-18(16)17/h1-7,15H,8-14H2,(H2,21,23). The highest BCUT2D eigenvalue weighted by Gasteiger charge is 2.24. The van der Waals surface area contributed by atoms with Gasteiger partial charge in [0, 0.05) is 25.9 Å². The first-order valence-electron chi connectivity index (χ1n) is 8.80. The van der Waals surface area contributed by atoms with Crippen LogP contribution in [0.2, 0.25) is 0 Å². The van der Waals surface area contributed by atoms with Crippen LogP contribution in [0.1, 0.15) is 24.8 Å². The van der Waals surface area contributed by atoms with Crippen molar-refractivity contribution < 1.29 is 14.3 Å². The van der Waals surface area contributed by atoms with Gasteiger partial charge in [-0.25, -0.2) is 4.79 Å². The number of rotatable bonds is 5. The normalized spacial score (nSPS) is 15.3. The number of carbonyl (C=O) groups excluding carboxylic acids is 2. The van der Waals surface area contributed by atoms with Gasteiger partial charge in [-0.15, -0.1) is 0 Å². The highest BCUT2D eigenvalue weighted by Crippen LogP contribution is 2.21. The number of ether oxygens (including phenoxy) is 1. The number of likely N-dealkylation sites (tertiary alicyclic amines) is 1. The maximum Gasteiger partial charge on any atom is 0.409 e. The summed E-state index contributed by atoms with van der Waals surface area (Å²) in [6.45, 7) is 1.63. The first-order valence-corrected chi connectivity index (χ1v) is 8.80. The molecule has 0 atom stereocenters. The minimum absolute atomic E-state index is 0.266. The second kappa shape index (κ2) is 8.01. The minimum Gasteiger partial charge on any atom is -0.449 e. The zero-order chi connectivity index (χ0) is 17.6. The molecule has 132 valence electrons. The van der Waals surface area contributed by atoms with Crippen molar-refractivity contribution in [1.29, 1.82) is 0 Å². The molecule has 2 aromatic rings. The molecule has 0 aromatic heterocycles. The summed E-state index contributed by atoms with van der Waals surface area (Å²) in [5, 5.41) is 2.40. The van der Waals surface area contributed by atoms with Crippen LogP contribution in [0.15, 0.2) is 42.5 Å².